The molecule has 0 aromatic carbocycles. The highest BCUT2D eigenvalue weighted by atomic mass is 16.3. The molecule has 0 heterocycles. The van der Waals surface area contributed by atoms with E-state index in [2.05, 4.69) is 13.8 Å². The zero-order chi connectivity index (χ0) is 11.2. The minimum absolute atomic E-state index is 0.229. The molecule has 0 aromatic rings. The number of aliphatic hydroxyl groups is 2. The van der Waals surface area contributed by atoms with Crippen molar-refractivity contribution in [2.45, 2.75) is 71.5 Å². The first-order valence-corrected chi connectivity index (χ1v) is 5.97. The van der Waals surface area contributed by atoms with E-state index in [0.717, 1.165) is 19.3 Å². The zero-order valence-electron chi connectivity index (χ0n) is 10.1. The van der Waals surface area contributed by atoms with Crippen molar-refractivity contribution in [1.29, 1.82) is 0 Å². The molecule has 0 radical (unpaired) electrons. The molecule has 0 amide bonds. The van der Waals surface area contributed by atoms with Gasteiger partial charge in [0.2, 0.25) is 0 Å². The van der Waals surface area contributed by atoms with Crippen LogP contribution < -0.4 is 0 Å². The van der Waals surface area contributed by atoms with Gasteiger partial charge in [0, 0.05) is 0 Å². The average molecular weight is 202 g/mol. The molecule has 14 heavy (non-hydrogen) atoms. The lowest BCUT2D eigenvalue weighted by atomic mass is 9.76. The molecule has 0 aliphatic heterocycles. The van der Waals surface area contributed by atoms with Gasteiger partial charge in [-0.1, -0.05) is 40.5 Å². The minimum atomic E-state index is -0.875. The van der Waals surface area contributed by atoms with E-state index in [-0.39, 0.29) is 5.92 Å². The summed E-state index contributed by atoms with van der Waals surface area (Å²) in [5.41, 5.74) is -0.875. The zero-order valence-corrected chi connectivity index (χ0v) is 10.1. The van der Waals surface area contributed by atoms with Crippen LogP contribution in [-0.2, 0) is 0 Å². The first-order chi connectivity index (χ1) is 6.56. The van der Waals surface area contributed by atoms with E-state index in [1.54, 1.807) is 0 Å². The number of hydrogen-bond acceptors (Lipinski definition) is 2. The van der Waals surface area contributed by atoms with Crippen molar-refractivity contribution in [1.82, 2.24) is 0 Å². The standard InChI is InChI=1S/C12H26O2/c1-5-9-10(6-2)12(14,8-4)11(13)7-3/h10-11,13-14H,5-9H2,1-4H3. The van der Waals surface area contributed by atoms with Crippen LogP contribution in [0, 0.1) is 5.92 Å². The van der Waals surface area contributed by atoms with Gasteiger partial charge in [0.05, 0.1) is 11.7 Å². The molecular formula is C12H26O2. The maximum atomic E-state index is 10.4. The molecule has 0 saturated carbocycles. The van der Waals surface area contributed by atoms with E-state index in [0.29, 0.717) is 12.8 Å². The fourth-order valence-electron chi connectivity index (χ4n) is 2.31. The van der Waals surface area contributed by atoms with Gasteiger partial charge in [-0.15, -0.1) is 0 Å². The molecule has 2 nitrogen and oxygen atoms in total. The summed E-state index contributed by atoms with van der Waals surface area (Å²) in [6.45, 7) is 8.08. The van der Waals surface area contributed by atoms with Gasteiger partial charge in [-0.2, -0.15) is 0 Å². The summed E-state index contributed by atoms with van der Waals surface area (Å²) >= 11 is 0. The Hall–Kier alpha value is -0.0800. The number of aliphatic hydroxyl groups excluding tert-OH is 1. The predicted octanol–water partition coefficient (Wildman–Crippen LogP) is 2.72. The SMILES string of the molecule is CCCC(CC)C(O)(CC)C(O)CC. The van der Waals surface area contributed by atoms with Gasteiger partial charge in [-0.05, 0) is 25.2 Å². The van der Waals surface area contributed by atoms with Crippen molar-refractivity contribution >= 4 is 0 Å². The molecule has 3 atom stereocenters. The van der Waals surface area contributed by atoms with Crippen LogP contribution in [0.3, 0.4) is 0 Å². The molecule has 0 saturated heterocycles. The van der Waals surface area contributed by atoms with Gasteiger partial charge in [0.25, 0.3) is 0 Å². The van der Waals surface area contributed by atoms with Crippen LogP contribution in [0.5, 0.6) is 0 Å². The first-order valence-electron chi connectivity index (χ1n) is 5.97. The van der Waals surface area contributed by atoms with Crippen LogP contribution >= 0.6 is 0 Å². The van der Waals surface area contributed by atoms with E-state index in [1.807, 2.05) is 13.8 Å². The fraction of sp³-hybridized carbons (Fsp3) is 1.00. The highest BCUT2D eigenvalue weighted by molar-refractivity contribution is 4.90. The highest BCUT2D eigenvalue weighted by Crippen LogP contribution is 2.32. The molecule has 0 fully saturated rings. The van der Waals surface area contributed by atoms with Gasteiger partial charge in [-0.25, -0.2) is 0 Å². The Kier molecular flexibility index (Phi) is 6.38. The molecule has 3 unspecified atom stereocenters. The summed E-state index contributed by atoms with van der Waals surface area (Å²) in [5, 5.41) is 20.3. The Bertz CT molecular complexity index is 147. The Balaban J connectivity index is 4.60. The van der Waals surface area contributed by atoms with Gasteiger partial charge < -0.3 is 10.2 Å². The Labute approximate surface area is 88.3 Å². The van der Waals surface area contributed by atoms with Crippen molar-refractivity contribution in [2.24, 2.45) is 5.92 Å². The summed E-state index contributed by atoms with van der Waals surface area (Å²) in [4.78, 5) is 0. The quantitative estimate of drug-likeness (QED) is 0.666. The largest absolute Gasteiger partial charge is 0.390 e. The third-order valence-corrected chi connectivity index (χ3v) is 3.37. The smallest absolute Gasteiger partial charge is 0.0930 e. The van der Waals surface area contributed by atoms with Crippen LogP contribution in [0.1, 0.15) is 59.8 Å². The third-order valence-electron chi connectivity index (χ3n) is 3.37. The molecular weight excluding hydrogens is 176 g/mol. The third kappa shape index (κ3) is 2.96. The molecule has 0 spiro atoms. The van der Waals surface area contributed by atoms with Gasteiger partial charge >= 0.3 is 0 Å². The monoisotopic (exact) mass is 202 g/mol. The van der Waals surface area contributed by atoms with Crippen LogP contribution in [0.2, 0.25) is 0 Å². The van der Waals surface area contributed by atoms with Crippen molar-refractivity contribution in [3.63, 3.8) is 0 Å². The van der Waals surface area contributed by atoms with E-state index in [9.17, 15) is 10.2 Å². The summed E-state index contributed by atoms with van der Waals surface area (Å²) in [6.07, 6.45) is 3.69. The summed E-state index contributed by atoms with van der Waals surface area (Å²) in [6, 6.07) is 0. The van der Waals surface area contributed by atoms with Crippen LogP contribution in [0.25, 0.3) is 0 Å². The average Bonchev–Trinajstić information content (AvgIpc) is 2.23. The van der Waals surface area contributed by atoms with E-state index in [4.69, 9.17) is 0 Å². The maximum Gasteiger partial charge on any atom is 0.0930 e. The molecule has 2 N–H and O–H groups in total. The lowest BCUT2D eigenvalue weighted by molar-refractivity contribution is -0.120. The van der Waals surface area contributed by atoms with Crippen molar-refractivity contribution in [3.05, 3.63) is 0 Å². The summed E-state index contributed by atoms with van der Waals surface area (Å²) in [5.74, 6) is 0.229. The number of hydrogen-bond donors (Lipinski definition) is 2. The highest BCUT2D eigenvalue weighted by Gasteiger charge is 2.39. The lowest BCUT2D eigenvalue weighted by Gasteiger charge is -2.38. The Morgan fingerprint density at radius 3 is 1.93 bits per heavy atom. The summed E-state index contributed by atoms with van der Waals surface area (Å²) < 4.78 is 0. The molecule has 0 rings (SSSR count). The molecule has 86 valence electrons. The molecule has 2 heteroatoms. The number of rotatable bonds is 7. The maximum absolute atomic E-state index is 10.4. The van der Waals surface area contributed by atoms with Gasteiger partial charge in [0.1, 0.15) is 0 Å². The normalized spacial score (nSPS) is 20.1. The topological polar surface area (TPSA) is 40.5 Å². The van der Waals surface area contributed by atoms with Crippen molar-refractivity contribution in [3.8, 4) is 0 Å². The predicted molar refractivity (Wildman–Crippen MR) is 60.2 cm³/mol. The van der Waals surface area contributed by atoms with E-state index in [1.165, 1.54) is 0 Å². The molecule has 0 aromatic heterocycles. The second-order valence-corrected chi connectivity index (χ2v) is 4.16. The minimum Gasteiger partial charge on any atom is -0.390 e. The Morgan fingerprint density at radius 1 is 1.07 bits per heavy atom. The van der Waals surface area contributed by atoms with Crippen LogP contribution in [0.4, 0.5) is 0 Å². The first kappa shape index (κ1) is 13.9. The van der Waals surface area contributed by atoms with Gasteiger partial charge in [-0.3, -0.25) is 0 Å². The van der Waals surface area contributed by atoms with E-state index >= 15 is 0 Å². The van der Waals surface area contributed by atoms with Crippen LogP contribution in [-0.4, -0.2) is 21.9 Å². The molecule has 0 bridgehead atoms. The molecule has 0 aliphatic rings. The van der Waals surface area contributed by atoms with Crippen LogP contribution in [0.15, 0.2) is 0 Å². The summed E-state index contributed by atoms with van der Waals surface area (Å²) in [7, 11) is 0. The Morgan fingerprint density at radius 2 is 1.64 bits per heavy atom. The second kappa shape index (κ2) is 6.41. The molecule has 0 aliphatic carbocycles. The fourth-order valence-corrected chi connectivity index (χ4v) is 2.31. The van der Waals surface area contributed by atoms with Gasteiger partial charge in [0.15, 0.2) is 0 Å². The second-order valence-electron chi connectivity index (χ2n) is 4.16. The lowest BCUT2D eigenvalue weighted by Crippen LogP contribution is -2.48. The van der Waals surface area contributed by atoms with E-state index < -0.39 is 11.7 Å². The van der Waals surface area contributed by atoms with Crippen molar-refractivity contribution < 1.29 is 10.2 Å². The van der Waals surface area contributed by atoms with Crippen molar-refractivity contribution in [2.75, 3.05) is 0 Å².